The van der Waals surface area contributed by atoms with E-state index in [1.807, 2.05) is 36.7 Å². The first kappa shape index (κ1) is 16.0. The summed E-state index contributed by atoms with van der Waals surface area (Å²) in [7, 11) is 0. The minimum Gasteiger partial charge on any atom is -0.347 e. The Morgan fingerprint density at radius 1 is 0.926 bits per heavy atom. The van der Waals surface area contributed by atoms with Gasteiger partial charge in [-0.15, -0.1) is 0 Å². The number of hydrogen-bond donors (Lipinski definition) is 1. The molecule has 5 rings (SSSR count). The standard InChI is InChI=1S/C22H21N5/c1-2-8-16(9-3-1)20-25-18-11-5-4-10-17(18)22(26-20)27-15-7-6-12-19(27)21-23-13-14-24-21/h1-5,8-11,13-14,19H,6-7,12,15H2,(H,23,24)/t19-/m0/s1. The monoisotopic (exact) mass is 355 g/mol. The van der Waals surface area contributed by atoms with Crippen molar-refractivity contribution in [3.63, 3.8) is 0 Å². The number of rotatable bonds is 3. The number of H-pyrrole nitrogens is 1. The number of nitrogens with one attached hydrogen (secondary N) is 1. The molecule has 0 unspecified atom stereocenters. The minimum atomic E-state index is 0.218. The Morgan fingerprint density at radius 3 is 2.63 bits per heavy atom. The van der Waals surface area contributed by atoms with E-state index in [1.165, 1.54) is 6.42 Å². The molecule has 0 amide bonds. The molecule has 1 aliphatic rings. The van der Waals surface area contributed by atoms with E-state index in [4.69, 9.17) is 9.97 Å². The Labute approximate surface area is 158 Å². The molecule has 1 N–H and O–H groups in total. The molecule has 5 heteroatoms. The summed E-state index contributed by atoms with van der Waals surface area (Å²) in [6.45, 7) is 0.973. The van der Waals surface area contributed by atoms with Crippen molar-refractivity contribution in [2.24, 2.45) is 0 Å². The number of anilines is 1. The molecule has 5 nitrogen and oxygen atoms in total. The van der Waals surface area contributed by atoms with Crippen LogP contribution in [0.25, 0.3) is 22.3 Å². The zero-order chi connectivity index (χ0) is 18.1. The van der Waals surface area contributed by atoms with Gasteiger partial charge in [0.1, 0.15) is 11.6 Å². The van der Waals surface area contributed by atoms with Gasteiger partial charge in [0.2, 0.25) is 0 Å². The predicted molar refractivity (Wildman–Crippen MR) is 107 cm³/mol. The maximum absolute atomic E-state index is 5.03. The molecule has 0 saturated carbocycles. The third-order valence-electron chi connectivity index (χ3n) is 5.22. The van der Waals surface area contributed by atoms with Gasteiger partial charge in [0.15, 0.2) is 5.82 Å². The minimum absolute atomic E-state index is 0.218. The molecule has 0 aliphatic carbocycles. The molecule has 1 atom stereocenters. The number of para-hydroxylation sites is 1. The van der Waals surface area contributed by atoms with Gasteiger partial charge >= 0.3 is 0 Å². The summed E-state index contributed by atoms with van der Waals surface area (Å²) in [6, 6.07) is 18.7. The third-order valence-corrected chi connectivity index (χ3v) is 5.22. The molecule has 2 aromatic heterocycles. The molecule has 134 valence electrons. The quantitative estimate of drug-likeness (QED) is 0.576. The van der Waals surface area contributed by atoms with E-state index in [2.05, 4.69) is 45.2 Å². The summed E-state index contributed by atoms with van der Waals surface area (Å²) in [5.41, 5.74) is 2.01. The van der Waals surface area contributed by atoms with Crippen molar-refractivity contribution in [1.82, 2.24) is 19.9 Å². The first-order chi connectivity index (χ1) is 13.4. The lowest BCUT2D eigenvalue weighted by molar-refractivity contribution is 0.456. The van der Waals surface area contributed by atoms with Crippen molar-refractivity contribution in [2.75, 3.05) is 11.4 Å². The predicted octanol–water partition coefficient (Wildman–Crippen LogP) is 4.75. The topological polar surface area (TPSA) is 57.7 Å². The van der Waals surface area contributed by atoms with Gasteiger partial charge in [-0.3, -0.25) is 0 Å². The second-order valence-corrected chi connectivity index (χ2v) is 6.93. The lowest BCUT2D eigenvalue weighted by Crippen LogP contribution is -2.35. The maximum atomic E-state index is 5.03. The molecule has 0 spiro atoms. The molecule has 27 heavy (non-hydrogen) atoms. The number of nitrogens with zero attached hydrogens (tertiary/aromatic N) is 4. The zero-order valence-corrected chi connectivity index (χ0v) is 15.0. The van der Waals surface area contributed by atoms with E-state index in [9.17, 15) is 0 Å². The summed E-state index contributed by atoms with van der Waals surface area (Å²) in [5.74, 6) is 2.78. The number of aromatic amines is 1. The van der Waals surface area contributed by atoms with Crippen LogP contribution in [0.15, 0.2) is 67.0 Å². The Balaban J connectivity index is 1.69. The highest BCUT2D eigenvalue weighted by Gasteiger charge is 2.28. The van der Waals surface area contributed by atoms with Gasteiger partial charge in [0.05, 0.1) is 11.6 Å². The highest BCUT2D eigenvalue weighted by atomic mass is 15.2. The maximum Gasteiger partial charge on any atom is 0.162 e. The van der Waals surface area contributed by atoms with E-state index in [1.54, 1.807) is 0 Å². The molecule has 0 bridgehead atoms. The molecular formula is C22H21N5. The lowest BCUT2D eigenvalue weighted by atomic mass is 10.0. The summed E-state index contributed by atoms with van der Waals surface area (Å²) in [6.07, 6.45) is 7.17. The van der Waals surface area contributed by atoms with Crippen LogP contribution in [0.3, 0.4) is 0 Å². The summed E-state index contributed by atoms with van der Waals surface area (Å²) in [5, 5.41) is 1.09. The molecule has 4 aromatic rings. The number of aromatic nitrogens is 4. The molecule has 1 aliphatic heterocycles. The fourth-order valence-corrected chi connectivity index (χ4v) is 3.92. The molecule has 3 heterocycles. The number of hydrogen-bond acceptors (Lipinski definition) is 4. The van der Waals surface area contributed by atoms with Crippen molar-refractivity contribution < 1.29 is 0 Å². The molecule has 1 fully saturated rings. The smallest absolute Gasteiger partial charge is 0.162 e. The van der Waals surface area contributed by atoms with E-state index in [0.29, 0.717) is 0 Å². The number of imidazole rings is 1. The van der Waals surface area contributed by atoms with Crippen molar-refractivity contribution in [3.05, 3.63) is 72.8 Å². The van der Waals surface area contributed by atoms with Gasteiger partial charge in [0.25, 0.3) is 0 Å². The van der Waals surface area contributed by atoms with Crippen LogP contribution in [-0.2, 0) is 0 Å². The molecule has 1 saturated heterocycles. The van der Waals surface area contributed by atoms with Gasteiger partial charge in [-0.1, -0.05) is 42.5 Å². The Bertz CT molecular complexity index is 1040. The fraction of sp³-hybridized carbons (Fsp3) is 0.227. The van der Waals surface area contributed by atoms with Crippen molar-refractivity contribution in [1.29, 1.82) is 0 Å². The van der Waals surface area contributed by atoms with E-state index in [0.717, 1.165) is 53.3 Å². The van der Waals surface area contributed by atoms with Gasteiger partial charge in [-0.05, 0) is 31.4 Å². The summed E-state index contributed by atoms with van der Waals surface area (Å²) < 4.78 is 0. The number of fused-ring (bicyclic) bond motifs is 1. The van der Waals surface area contributed by atoms with Crippen LogP contribution in [0.1, 0.15) is 31.1 Å². The van der Waals surface area contributed by atoms with Gasteiger partial charge in [-0.25, -0.2) is 15.0 Å². The van der Waals surface area contributed by atoms with Crippen LogP contribution in [0, 0.1) is 0 Å². The van der Waals surface area contributed by atoms with Crippen LogP contribution in [0.2, 0.25) is 0 Å². The Morgan fingerprint density at radius 2 is 1.78 bits per heavy atom. The van der Waals surface area contributed by atoms with Gasteiger partial charge in [-0.2, -0.15) is 0 Å². The Hall–Kier alpha value is -3.21. The van der Waals surface area contributed by atoms with Crippen molar-refractivity contribution in [2.45, 2.75) is 25.3 Å². The first-order valence-electron chi connectivity index (χ1n) is 9.48. The first-order valence-corrected chi connectivity index (χ1v) is 9.48. The van der Waals surface area contributed by atoms with E-state index in [-0.39, 0.29) is 6.04 Å². The van der Waals surface area contributed by atoms with Crippen molar-refractivity contribution >= 4 is 16.7 Å². The fourth-order valence-electron chi connectivity index (χ4n) is 3.92. The van der Waals surface area contributed by atoms with Gasteiger partial charge in [0, 0.05) is 29.9 Å². The number of benzene rings is 2. The van der Waals surface area contributed by atoms with Crippen LogP contribution >= 0.6 is 0 Å². The summed E-state index contributed by atoms with van der Waals surface area (Å²) >= 11 is 0. The van der Waals surface area contributed by atoms with Crippen LogP contribution in [0.5, 0.6) is 0 Å². The normalized spacial score (nSPS) is 17.3. The van der Waals surface area contributed by atoms with Gasteiger partial charge < -0.3 is 9.88 Å². The van der Waals surface area contributed by atoms with Crippen LogP contribution in [-0.4, -0.2) is 26.5 Å². The van der Waals surface area contributed by atoms with E-state index < -0.39 is 0 Å². The summed E-state index contributed by atoms with van der Waals surface area (Å²) in [4.78, 5) is 20.1. The Kier molecular flexibility index (Phi) is 4.05. The largest absolute Gasteiger partial charge is 0.347 e. The highest BCUT2D eigenvalue weighted by Crippen LogP contribution is 2.36. The zero-order valence-electron chi connectivity index (χ0n) is 15.0. The van der Waals surface area contributed by atoms with Crippen molar-refractivity contribution in [3.8, 4) is 11.4 Å². The molecule has 0 radical (unpaired) electrons. The van der Waals surface area contributed by atoms with Crippen LogP contribution in [0.4, 0.5) is 5.82 Å². The second kappa shape index (κ2) is 6.83. The van der Waals surface area contributed by atoms with Crippen LogP contribution < -0.4 is 4.90 Å². The SMILES string of the molecule is c1ccc(-c2nc(N3CCCC[C@H]3c3ncc[nH]3)c3ccccc3n2)cc1. The lowest BCUT2D eigenvalue weighted by Gasteiger charge is -2.36. The average molecular weight is 355 g/mol. The molecular weight excluding hydrogens is 334 g/mol. The number of piperidine rings is 1. The highest BCUT2D eigenvalue weighted by molar-refractivity contribution is 5.91. The molecule has 2 aromatic carbocycles. The van der Waals surface area contributed by atoms with E-state index >= 15 is 0 Å². The average Bonchev–Trinajstić information content (AvgIpc) is 3.28. The second-order valence-electron chi connectivity index (χ2n) is 6.93. The third kappa shape index (κ3) is 2.95.